The summed E-state index contributed by atoms with van der Waals surface area (Å²) >= 11 is 0. The van der Waals surface area contributed by atoms with Crippen LogP contribution in [-0.4, -0.2) is 50.2 Å². The van der Waals surface area contributed by atoms with Gasteiger partial charge in [0.2, 0.25) is 0 Å². The van der Waals surface area contributed by atoms with Gasteiger partial charge in [-0.1, -0.05) is 13.0 Å². The summed E-state index contributed by atoms with van der Waals surface area (Å²) < 4.78 is 2.12. The first kappa shape index (κ1) is 19.1. The van der Waals surface area contributed by atoms with Crippen molar-refractivity contribution in [3.8, 4) is 0 Å². The highest BCUT2D eigenvalue weighted by Crippen LogP contribution is 2.22. The molecule has 142 valence electrons. The Kier molecular flexibility index (Phi) is 6.43. The minimum Gasteiger partial charge on any atom is -0.299 e. The zero-order chi connectivity index (χ0) is 18.5. The number of aromatic nitrogens is 3. The van der Waals surface area contributed by atoms with Crippen LogP contribution in [0.15, 0.2) is 24.4 Å². The molecule has 0 radical (unpaired) electrons. The van der Waals surface area contributed by atoms with Gasteiger partial charge < -0.3 is 0 Å². The van der Waals surface area contributed by atoms with Gasteiger partial charge in [-0.25, -0.2) is 0 Å². The second-order valence-corrected chi connectivity index (χ2v) is 7.38. The van der Waals surface area contributed by atoms with E-state index in [9.17, 15) is 0 Å². The van der Waals surface area contributed by atoms with Crippen LogP contribution in [0, 0.1) is 13.8 Å². The maximum Gasteiger partial charge on any atom is 0.0641 e. The third kappa shape index (κ3) is 4.33. The Hall–Kier alpha value is -1.72. The Balaban J connectivity index is 1.79. The summed E-state index contributed by atoms with van der Waals surface area (Å²) in [7, 11) is 0. The van der Waals surface area contributed by atoms with Crippen molar-refractivity contribution in [3.05, 3.63) is 47.0 Å². The molecule has 0 N–H and O–H groups in total. The molecular weight excluding hydrogens is 322 g/mol. The lowest BCUT2D eigenvalue weighted by Gasteiger charge is -2.30. The van der Waals surface area contributed by atoms with E-state index in [0.717, 1.165) is 44.1 Å². The molecule has 2 aromatic heterocycles. The fourth-order valence-electron chi connectivity index (χ4n) is 4.22. The van der Waals surface area contributed by atoms with Crippen molar-refractivity contribution in [2.45, 2.75) is 66.2 Å². The third-order valence-corrected chi connectivity index (χ3v) is 5.70. The highest BCUT2D eigenvalue weighted by molar-refractivity contribution is 5.24. The average molecular weight is 356 g/mol. The molecule has 2 aromatic rings. The SMILES string of the molecule is CCN1CCCC1CN(Cc1ccccn1)Cc1c(C)nn(CC)c1C. The molecule has 1 saturated heterocycles. The predicted octanol–water partition coefficient (Wildman–Crippen LogP) is 3.40. The van der Waals surface area contributed by atoms with E-state index in [1.807, 2.05) is 12.3 Å². The molecule has 1 fully saturated rings. The molecule has 0 saturated carbocycles. The standard InChI is InChI=1S/C21H33N5/c1-5-25-13-9-11-20(25)15-24(14-19-10-7-8-12-22-19)16-21-17(3)23-26(6-2)18(21)4/h7-8,10,12,20H,5-6,9,11,13-16H2,1-4H3. The van der Waals surface area contributed by atoms with Crippen molar-refractivity contribution in [2.75, 3.05) is 19.6 Å². The van der Waals surface area contributed by atoms with E-state index in [1.165, 1.54) is 30.6 Å². The molecule has 1 aliphatic heterocycles. The van der Waals surface area contributed by atoms with Crippen LogP contribution in [0.2, 0.25) is 0 Å². The van der Waals surface area contributed by atoms with Gasteiger partial charge in [-0.05, 0) is 58.8 Å². The first-order chi connectivity index (χ1) is 12.6. The molecule has 5 heteroatoms. The third-order valence-electron chi connectivity index (χ3n) is 5.70. The van der Waals surface area contributed by atoms with Crippen molar-refractivity contribution in [3.63, 3.8) is 0 Å². The minimum absolute atomic E-state index is 0.658. The molecule has 0 aliphatic carbocycles. The van der Waals surface area contributed by atoms with Crippen LogP contribution >= 0.6 is 0 Å². The molecule has 0 bridgehead atoms. The molecule has 0 amide bonds. The van der Waals surface area contributed by atoms with Gasteiger partial charge in [0, 0.05) is 49.7 Å². The van der Waals surface area contributed by atoms with Gasteiger partial charge in [0.15, 0.2) is 0 Å². The summed E-state index contributed by atoms with van der Waals surface area (Å²) in [6, 6.07) is 6.86. The number of rotatable bonds is 8. The van der Waals surface area contributed by atoms with Crippen molar-refractivity contribution in [1.82, 2.24) is 24.6 Å². The van der Waals surface area contributed by atoms with Crippen LogP contribution in [0.1, 0.15) is 49.3 Å². The van der Waals surface area contributed by atoms with Crippen LogP contribution < -0.4 is 0 Å². The van der Waals surface area contributed by atoms with E-state index in [4.69, 9.17) is 5.10 Å². The van der Waals surface area contributed by atoms with Gasteiger partial charge >= 0.3 is 0 Å². The van der Waals surface area contributed by atoms with E-state index < -0.39 is 0 Å². The number of nitrogens with zero attached hydrogens (tertiary/aromatic N) is 5. The topological polar surface area (TPSA) is 37.2 Å². The number of pyridine rings is 1. The number of hydrogen-bond acceptors (Lipinski definition) is 4. The smallest absolute Gasteiger partial charge is 0.0641 e. The van der Waals surface area contributed by atoms with E-state index in [-0.39, 0.29) is 0 Å². The van der Waals surface area contributed by atoms with E-state index in [2.05, 4.69) is 59.3 Å². The predicted molar refractivity (Wildman–Crippen MR) is 106 cm³/mol. The largest absolute Gasteiger partial charge is 0.299 e. The first-order valence-electron chi connectivity index (χ1n) is 10.0. The lowest BCUT2D eigenvalue weighted by atomic mass is 10.1. The van der Waals surface area contributed by atoms with Gasteiger partial charge in [-0.15, -0.1) is 0 Å². The Morgan fingerprint density at radius 2 is 2.00 bits per heavy atom. The Labute approximate surface area is 158 Å². The molecule has 0 spiro atoms. The monoisotopic (exact) mass is 355 g/mol. The zero-order valence-corrected chi connectivity index (χ0v) is 16.8. The zero-order valence-electron chi connectivity index (χ0n) is 16.8. The molecule has 1 unspecified atom stereocenters. The maximum absolute atomic E-state index is 4.72. The second-order valence-electron chi connectivity index (χ2n) is 7.38. The molecule has 5 nitrogen and oxygen atoms in total. The summed E-state index contributed by atoms with van der Waals surface area (Å²) in [5.41, 5.74) is 4.99. The van der Waals surface area contributed by atoms with Crippen LogP contribution in [-0.2, 0) is 19.6 Å². The lowest BCUT2D eigenvalue weighted by Crippen LogP contribution is -2.40. The molecule has 0 aromatic carbocycles. The van der Waals surface area contributed by atoms with Gasteiger partial charge in [-0.2, -0.15) is 5.10 Å². The number of likely N-dealkylation sites (N-methyl/N-ethyl adjacent to an activating group) is 1. The van der Waals surface area contributed by atoms with Crippen LogP contribution in [0.5, 0.6) is 0 Å². The summed E-state index contributed by atoms with van der Waals surface area (Å²) in [5, 5.41) is 4.72. The van der Waals surface area contributed by atoms with Crippen LogP contribution in [0.4, 0.5) is 0 Å². The fourth-order valence-corrected chi connectivity index (χ4v) is 4.22. The Bertz CT molecular complexity index is 694. The molecule has 3 rings (SSSR count). The Morgan fingerprint density at radius 3 is 2.65 bits per heavy atom. The molecule has 1 atom stereocenters. The van der Waals surface area contributed by atoms with E-state index >= 15 is 0 Å². The summed E-state index contributed by atoms with van der Waals surface area (Å²) in [5.74, 6) is 0. The average Bonchev–Trinajstić information content (AvgIpc) is 3.21. The number of aryl methyl sites for hydroxylation is 2. The molecule has 3 heterocycles. The quantitative estimate of drug-likeness (QED) is 0.727. The van der Waals surface area contributed by atoms with Crippen LogP contribution in [0.25, 0.3) is 0 Å². The van der Waals surface area contributed by atoms with Crippen LogP contribution in [0.3, 0.4) is 0 Å². The second kappa shape index (κ2) is 8.78. The van der Waals surface area contributed by atoms with E-state index in [1.54, 1.807) is 0 Å². The summed E-state index contributed by atoms with van der Waals surface area (Å²) in [4.78, 5) is 9.76. The van der Waals surface area contributed by atoms with Crippen molar-refractivity contribution in [1.29, 1.82) is 0 Å². The van der Waals surface area contributed by atoms with E-state index in [0.29, 0.717) is 6.04 Å². The highest BCUT2D eigenvalue weighted by atomic mass is 15.3. The fraction of sp³-hybridized carbons (Fsp3) is 0.619. The van der Waals surface area contributed by atoms with Gasteiger partial charge in [0.1, 0.15) is 0 Å². The molecule has 26 heavy (non-hydrogen) atoms. The Morgan fingerprint density at radius 1 is 1.15 bits per heavy atom. The number of hydrogen-bond donors (Lipinski definition) is 0. The maximum atomic E-state index is 4.72. The normalized spacial score (nSPS) is 18.1. The summed E-state index contributed by atoms with van der Waals surface area (Å²) in [6.45, 7) is 15.0. The number of likely N-dealkylation sites (tertiary alicyclic amines) is 1. The molecular formula is C21H33N5. The van der Waals surface area contributed by atoms with Gasteiger partial charge in [0.25, 0.3) is 0 Å². The highest BCUT2D eigenvalue weighted by Gasteiger charge is 2.26. The molecule has 1 aliphatic rings. The van der Waals surface area contributed by atoms with Crippen molar-refractivity contribution < 1.29 is 0 Å². The van der Waals surface area contributed by atoms with Gasteiger partial charge in [0.05, 0.1) is 11.4 Å². The minimum atomic E-state index is 0.658. The van der Waals surface area contributed by atoms with Crippen molar-refractivity contribution >= 4 is 0 Å². The summed E-state index contributed by atoms with van der Waals surface area (Å²) in [6.07, 6.45) is 4.52. The van der Waals surface area contributed by atoms with Crippen molar-refractivity contribution in [2.24, 2.45) is 0 Å². The lowest BCUT2D eigenvalue weighted by molar-refractivity contribution is 0.164. The van der Waals surface area contributed by atoms with Gasteiger partial charge in [-0.3, -0.25) is 19.5 Å². The first-order valence-corrected chi connectivity index (χ1v) is 10.0.